The van der Waals surface area contributed by atoms with E-state index < -0.39 is 5.82 Å². The van der Waals surface area contributed by atoms with Crippen molar-refractivity contribution in [1.29, 1.82) is 0 Å². The Morgan fingerprint density at radius 2 is 2.19 bits per heavy atom. The van der Waals surface area contributed by atoms with Gasteiger partial charge in [0.1, 0.15) is 6.61 Å². The number of hydrogen-bond acceptors (Lipinski definition) is 7. The first-order valence-electron chi connectivity index (χ1n) is 8.05. The number of aryl methyl sites for hydroxylation is 1. The normalized spacial score (nSPS) is 10.8. The van der Waals surface area contributed by atoms with Crippen molar-refractivity contribution < 1.29 is 13.7 Å². The molecule has 0 spiro atoms. The van der Waals surface area contributed by atoms with Gasteiger partial charge in [-0.2, -0.15) is 4.98 Å². The largest absolute Gasteiger partial charge is 0.483 e. The van der Waals surface area contributed by atoms with Crippen LogP contribution < -0.4 is 4.74 Å². The Balaban J connectivity index is 1.69. The predicted octanol–water partition coefficient (Wildman–Crippen LogP) is 3.42. The zero-order valence-corrected chi connectivity index (χ0v) is 15.1. The first-order valence-corrected chi connectivity index (χ1v) is 9.04. The van der Waals surface area contributed by atoms with Gasteiger partial charge in [0.05, 0.1) is 5.75 Å². The molecule has 2 aromatic heterocycles. The van der Waals surface area contributed by atoms with Crippen molar-refractivity contribution in [3.8, 4) is 5.75 Å². The van der Waals surface area contributed by atoms with E-state index in [1.807, 2.05) is 11.5 Å². The average molecular weight is 375 g/mol. The van der Waals surface area contributed by atoms with E-state index in [0.717, 1.165) is 6.42 Å². The van der Waals surface area contributed by atoms with Crippen LogP contribution in [0, 0.1) is 5.82 Å². The van der Waals surface area contributed by atoms with Crippen molar-refractivity contribution in [3.63, 3.8) is 0 Å². The summed E-state index contributed by atoms with van der Waals surface area (Å²) in [6.07, 6.45) is 2.46. The summed E-state index contributed by atoms with van der Waals surface area (Å²) in [6.45, 7) is 6.33. The number of nitrogens with zero attached hydrogens (tertiary/aromatic N) is 5. The zero-order chi connectivity index (χ0) is 18.4. The van der Waals surface area contributed by atoms with E-state index in [9.17, 15) is 4.39 Å². The molecule has 0 fully saturated rings. The van der Waals surface area contributed by atoms with E-state index in [1.54, 1.807) is 24.3 Å². The van der Waals surface area contributed by atoms with Crippen molar-refractivity contribution in [2.75, 3.05) is 0 Å². The molecule has 0 aliphatic carbocycles. The Hall–Kier alpha value is -2.68. The van der Waals surface area contributed by atoms with Gasteiger partial charge in [-0.1, -0.05) is 42.1 Å². The molecule has 2 heterocycles. The van der Waals surface area contributed by atoms with Crippen molar-refractivity contribution in [1.82, 2.24) is 24.9 Å². The van der Waals surface area contributed by atoms with Gasteiger partial charge in [0.15, 0.2) is 28.4 Å². The smallest absolute Gasteiger partial charge is 0.237 e. The number of allylic oxidation sites excluding steroid dienone is 1. The highest BCUT2D eigenvalue weighted by Crippen LogP contribution is 2.23. The Kier molecular flexibility index (Phi) is 6.00. The molecule has 1 aromatic carbocycles. The van der Waals surface area contributed by atoms with Crippen molar-refractivity contribution in [2.45, 2.75) is 37.4 Å². The van der Waals surface area contributed by atoms with E-state index in [1.165, 1.54) is 17.8 Å². The number of aromatic nitrogens is 5. The molecule has 0 saturated heterocycles. The number of benzene rings is 1. The molecule has 0 N–H and O–H groups in total. The number of para-hydroxylation sites is 1. The maximum atomic E-state index is 13.7. The molecule has 26 heavy (non-hydrogen) atoms. The number of hydrogen-bond donors (Lipinski definition) is 0. The van der Waals surface area contributed by atoms with E-state index in [-0.39, 0.29) is 12.4 Å². The van der Waals surface area contributed by atoms with Crippen LogP contribution >= 0.6 is 11.8 Å². The summed E-state index contributed by atoms with van der Waals surface area (Å²) in [5, 5.41) is 12.9. The molecule has 0 aliphatic heterocycles. The number of halogens is 1. The summed E-state index contributed by atoms with van der Waals surface area (Å²) in [4.78, 5) is 4.27. The summed E-state index contributed by atoms with van der Waals surface area (Å²) in [6, 6.07) is 6.24. The third-order valence-electron chi connectivity index (χ3n) is 3.45. The molecule has 7 nitrogen and oxygen atoms in total. The molecule has 0 aliphatic rings. The lowest BCUT2D eigenvalue weighted by Gasteiger charge is -2.09. The van der Waals surface area contributed by atoms with Gasteiger partial charge in [-0.3, -0.25) is 4.57 Å². The number of thioether (sulfide) groups is 1. The second-order valence-electron chi connectivity index (χ2n) is 5.26. The number of rotatable bonds is 9. The summed E-state index contributed by atoms with van der Waals surface area (Å²) in [7, 11) is 0. The lowest BCUT2D eigenvalue weighted by Crippen LogP contribution is -2.08. The van der Waals surface area contributed by atoms with Crippen molar-refractivity contribution in [3.05, 3.63) is 60.3 Å². The first-order chi connectivity index (χ1) is 12.7. The fourth-order valence-electron chi connectivity index (χ4n) is 2.17. The molecule has 0 amide bonds. The SMILES string of the molecule is C=CCn1c(COc2ccccc2F)nnc1SCc1nc(CC)no1. The minimum Gasteiger partial charge on any atom is -0.483 e. The Morgan fingerprint density at radius 3 is 2.92 bits per heavy atom. The summed E-state index contributed by atoms with van der Waals surface area (Å²) < 4.78 is 26.2. The molecular weight excluding hydrogens is 357 g/mol. The summed E-state index contributed by atoms with van der Waals surface area (Å²) in [5.74, 6) is 2.02. The molecule has 136 valence electrons. The van der Waals surface area contributed by atoms with Gasteiger partial charge in [-0.25, -0.2) is 4.39 Å². The molecule has 0 unspecified atom stereocenters. The van der Waals surface area contributed by atoms with Crippen LogP contribution in [0.15, 0.2) is 46.6 Å². The fourth-order valence-corrected chi connectivity index (χ4v) is 2.97. The highest BCUT2D eigenvalue weighted by atomic mass is 32.2. The molecule has 9 heteroatoms. The van der Waals surface area contributed by atoms with Crippen molar-refractivity contribution >= 4 is 11.8 Å². The van der Waals surface area contributed by atoms with Gasteiger partial charge in [-0.05, 0) is 12.1 Å². The van der Waals surface area contributed by atoms with Crippen LogP contribution in [-0.2, 0) is 25.3 Å². The van der Waals surface area contributed by atoms with E-state index in [4.69, 9.17) is 9.26 Å². The minimum atomic E-state index is -0.417. The first kappa shape index (κ1) is 18.1. The van der Waals surface area contributed by atoms with E-state index >= 15 is 0 Å². The molecule has 0 atom stereocenters. The van der Waals surface area contributed by atoms with Crippen LogP contribution in [0.25, 0.3) is 0 Å². The molecule has 0 radical (unpaired) electrons. The van der Waals surface area contributed by atoms with Gasteiger partial charge < -0.3 is 9.26 Å². The topological polar surface area (TPSA) is 78.9 Å². The maximum absolute atomic E-state index is 13.7. The van der Waals surface area contributed by atoms with Crippen LogP contribution in [0.1, 0.15) is 24.5 Å². The van der Waals surface area contributed by atoms with Gasteiger partial charge >= 0.3 is 0 Å². The highest BCUT2D eigenvalue weighted by molar-refractivity contribution is 7.98. The Labute approximate surface area is 154 Å². The monoisotopic (exact) mass is 375 g/mol. The quantitative estimate of drug-likeness (QED) is 0.419. The minimum absolute atomic E-state index is 0.100. The van der Waals surface area contributed by atoms with Crippen LogP contribution in [0.3, 0.4) is 0 Å². The van der Waals surface area contributed by atoms with Crippen LogP contribution in [0.4, 0.5) is 4.39 Å². The van der Waals surface area contributed by atoms with Crippen LogP contribution in [-0.4, -0.2) is 24.9 Å². The van der Waals surface area contributed by atoms with E-state index in [2.05, 4.69) is 26.9 Å². The zero-order valence-electron chi connectivity index (χ0n) is 14.3. The van der Waals surface area contributed by atoms with Crippen molar-refractivity contribution in [2.24, 2.45) is 0 Å². The molecule has 0 saturated carbocycles. The average Bonchev–Trinajstić information content (AvgIpc) is 3.27. The molecule has 0 bridgehead atoms. The molecule has 3 rings (SSSR count). The molecular formula is C17H18FN5O2S. The van der Waals surface area contributed by atoms with E-state index in [0.29, 0.717) is 35.0 Å². The second kappa shape index (κ2) is 8.61. The second-order valence-corrected chi connectivity index (χ2v) is 6.21. The predicted molar refractivity (Wildman–Crippen MR) is 94.2 cm³/mol. The van der Waals surface area contributed by atoms with Crippen LogP contribution in [0.2, 0.25) is 0 Å². The van der Waals surface area contributed by atoms with Gasteiger partial charge in [-0.15, -0.1) is 16.8 Å². The van der Waals surface area contributed by atoms with Gasteiger partial charge in [0.25, 0.3) is 0 Å². The fraction of sp³-hybridized carbons (Fsp3) is 0.294. The summed E-state index contributed by atoms with van der Waals surface area (Å²) >= 11 is 1.43. The van der Waals surface area contributed by atoms with Gasteiger partial charge in [0, 0.05) is 13.0 Å². The third-order valence-corrected chi connectivity index (χ3v) is 4.40. The lowest BCUT2D eigenvalue weighted by molar-refractivity contribution is 0.275. The molecule has 3 aromatic rings. The lowest BCUT2D eigenvalue weighted by atomic mass is 10.3. The third kappa shape index (κ3) is 4.29. The standard InChI is InChI=1S/C17H18FN5O2S/c1-3-9-23-15(10-24-13-8-6-5-7-12(13)18)20-21-17(23)26-11-16-19-14(4-2)22-25-16/h3,5-8H,1,4,9-11H2,2H3. The number of ether oxygens (including phenoxy) is 1. The highest BCUT2D eigenvalue weighted by Gasteiger charge is 2.15. The maximum Gasteiger partial charge on any atom is 0.237 e. The Morgan fingerprint density at radius 1 is 1.35 bits per heavy atom. The van der Waals surface area contributed by atoms with Gasteiger partial charge in [0.2, 0.25) is 5.89 Å². The Bertz CT molecular complexity index is 880. The summed E-state index contributed by atoms with van der Waals surface area (Å²) in [5.41, 5.74) is 0. The van der Waals surface area contributed by atoms with Crippen LogP contribution in [0.5, 0.6) is 5.75 Å².